The van der Waals surface area contributed by atoms with Crippen molar-refractivity contribution in [3.63, 3.8) is 0 Å². The third kappa shape index (κ3) is 4.65. The topological polar surface area (TPSA) is 41.0 Å². The summed E-state index contributed by atoms with van der Waals surface area (Å²) in [5.41, 5.74) is 1.75. The van der Waals surface area contributed by atoms with Crippen LogP contribution in [0.2, 0.25) is 0 Å². The summed E-state index contributed by atoms with van der Waals surface area (Å²) >= 11 is 3.57. The highest BCUT2D eigenvalue weighted by Crippen LogP contribution is 2.27. The second-order valence-corrected chi connectivity index (χ2v) is 7.04. The standard InChI is InChI=1S/C20H20BrFN4/c1-26(2)13-12-23-20-16-4-3-5-17(21)19(16)24-18(25-20)11-8-14-6-9-15(22)10-7-14/h3-11H,12-13H2,1-2H3,(H,23,24,25)/b11-8+. The maximum atomic E-state index is 13.0. The van der Waals surface area contributed by atoms with Gasteiger partial charge in [0.2, 0.25) is 0 Å². The summed E-state index contributed by atoms with van der Waals surface area (Å²) in [7, 11) is 4.07. The predicted molar refractivity (Wildman–Crippen MR) is 110 cm³/mol. The van der Waals surface area contributed by atoms with Crippen LogP contribution >= 0.6 is 15.9 Å². The number of halogens is 2. The quantitative estimate of drug-likeness (QED) is 0.635. The molecule has 0 unspecified atom stereocenters. The minimum Gasteiger partial charge on any atom is -0.368 e. The Morgan fingerprint density at radius 2 is 1.85 bits per heavy atom. The van der Waals surface area contributed by atoms with Crippen LogP contribution in [0.5, 0.6) is 0 Å². The van der Waals surface area contributed by atoms with E-state index in [9.17, 15) is 4.39 Å². The minimum absolute atomic E-state index is 0.250. The molecule has 0 radical (unpaired) electrons. The molecular formula is C20H20BrFN4. The second-order valence-electron chi connectivity index (χ2n) is 6.18. The maximum absolute atomic E-state index is 13.0. The van der Waals surface area contributed by atoms with Crippen molar-refractivity contribution in [3.05, 3.63) is 64.1 Å². The Balaban J connectivity index is 1.94. The van der Waals surface area contributed by atoms with Crippen molar-refractivity contribution in [1.82, 2.24) is 14.9 Å². The van der Waals surface area contributed by atoms with Crippen molar-refractivity contribution in [3.8, 4) is 0 Å². The fourth-order valence-corrected chi connectivity index (χ4v) is 2.94. The highest BCUT2D eigenvalue weighted by Gasteiger charge is 2.09. The lowest BCUT2D eigenvalue weighted by molar-refractivity contribution is 0.425. The van der Waals surface area contributed by atoms with Gasteiger partial charge in [-0.05, 0) is 65.9 Å². The number of aromatic nitrogens is 2. The van der Waals surface area contributed by atoms with Gasteiger partial charge in [-0.3, -0.25) is 0 Å². The number of nitrogens with one attached hydrogen (secondary N) is 1. The van der Waals surface area contributed by atoms with Crippen LogP contribution in [0.15, 0.2) is 46.9 Å². The molecule has 0 atom stereocenters. The lowest BCUT2D eigenvalue weighted by Gasteiger charge is -2.13. The van der Waals surface area contributed by atoms with Gasteiger partial charge in [0.05, 0.1) is 5.52 Å². The SMILES string of the molecule is CN(C)CCNc1nc(/C=C/c2ccc(F)cc2)nc2c(Br)cccc12. The van der Waals surface area contributed by atoms with Gasteiger partial charge in [0.15, 0.2) is 5.82 Å². The molecule has 1 aromatic heterocycles. The average Bonchev–Trinajstić information content (AvgIpc) is 2.62. The van der Waals surface area contributed by atoms with Gasteiger partial charge in [-0.15, -0.1) is 0 Å². The Labute approximate surface area is 160 Å². The van der Waals surface area contributed by atoms with E-state index < -0.39 is 0 Å². The Bertz CT molecular complexity index is 923. The number of hydrogen-bond donors (Lipinski definition) is 1. The van der Waals surface area contributed by atoms with Crippen molar-refractivity contribution >= 4 is 44.8 Å². The Morgan fingerprint density at radius 1 is 1.08 bits per heavy atom. The summed E-state index contributed by atoms with van der Waals surface area (Å²) in [6, 6.07) is 12.3. The van der Waals surface area contributed by atoms with E-state index >= 15 is 0 Å². The number of fused-ring (bicyclic) bond motifs is 1. The van der Waals surface area contributed by atoms with Crippen LogP contribution in [-0.2, 0) is 0 Å². The van der Waals surface area contributed by atoms with Crippen molar-refractivity contribution in [2.75, 3.05) is 32.5 Å². The van der Waals surface area contributed by atoms with Gasteiger partial charge in [-0.2, -0.15) is 0 Å². The zero-order chi connectivity index (χ0) is 18.5. The molecule has 1 N–H and O–H groups in total. The lowest BCUT2D eigenvalue weighted by atomic mass is 10.2. The van der Waals surface area contributed by atoms with Crippen LogP contribution in [0.3, 0.4) is 0 Å². The first-order chi connectivity index (χ1) is 12.5. The monoisotopic (exact) mass is 414 g/mol. The average molecular weight is 415 g/mol. The number of nitrogens with zero attached hydrogens (tertiary/aromatic N) is 3. The van der Waals surface area contributed by atoms with E-state index in [0.29, 0.717) is 5.82 Å². The highest BCUT2D eigenvalue weighted by molar-refractivity contribution is 9.10. The van der Waals surface area contributed by atoms with E-state index in [1.165, 1.54) is 12.1 Å². The summed E-state index contributed by atoms with van der Waals surface area (Å²) in [6.45, 7) is 1.69. The van der Waals surface area contributed by atoms with Crippen molar-refractivity contribution < 1.29 is 4.39 Å². The third-order valence-corrected chi connectivity index (χ3v) is 4.48. The van der Waals surface area contributed by atoms with Gasteiger partial charge < -0.3 is 10.2 Å². The molecule has 0 bridgehead atoms. The van der Waals surface area contributed by atoms with Crippen molar-refractivity contribution in [2.24, 2.45) is 0 Å². The molecule has 3 aromatic rings. The molecule has 0 aliphatic carbocycles. The predicted octanol–water partition coefficient (Wildman–Crippen LogP) is 4.68. The molecule has 0 amide bonds. The molecule has 0 spiro atoms. The zero-order valence-electron chi connectivity index (χ0n) is 14.7. The van der Waals surface area contributed by atoms with Crippen LogP contribution in [0.4, 0.5) is 10.2 Å². The third-order valence-electron chi connectivity index (χ3n) is 3.84. The first kappa shape index (κ1) is 18.5. The summed E-state index contributed by atoms with van der Waals surface area (Å²) in [5.74, 6) is 1.15. The van der Waals surface area contributed by atoms with Gasteiger partial charge in [0.25, 0.3) is 0 Å². The summed E-state index contributed by atoms with van der Waals surface area (Å²) < 4.78 is 14.0. The second kappa shape index (κ2) is 8.38. The Hall–Kier alpha value is -2.31. The molecule has 3 rings (SSSR count). The molecule has 134 valence electrons. The molecule has 0 aliphatic rings. The van der Waals surface area contributed by atoms with Crippen LogP contribution in [0.25, 0.3) is 23.1 Å². The van der Waals surface area contributed by atoms with Crippen LogP contribution in [0.1, 0.15) is 11.4 Å². The van der Waals surface area contributed by atoms with Gasteiger partial charge >= 0.3 is 0 Å². The Morgan fingerprint density at radius 3 is 2.58 bits per heavy atom. The molecule has 0 saturated carbocycles. The number of benzene rings is 2. The van der Waals surface area contributed by atoms with Gasteiger partial charge in [0.1, 0.15) is 11.6 Å². The maximum Gasteiger partial charge on any atom is 0.155 e. The minimum atomic E-state index is -0.250. The molecule has 2 aromatic carbocycles. The van der Waals surface area contributed by atoms with E-state index in [2.05, 4.69) is 36.1 Å². The normalized spacial score (nSPS) is 11.6. The van der Waals surface area contributed by atoms with Gasteiger partial charge in [0, 0.05) is 22.9 Å². The van der Waals surface area contributed by atoms with Crippen molar-refractivity contribution in [2.45, 2.75) is 0 Å². The van der Waals surface area contributed by atoms with E-state index in [1.54, 1.807) is 12.1 Å². The molecule has 26 heavy (non-hydrogen) atoms. The van der Waals surface area contributed by atoms with Crippen molar-refractivity contribution in [1.29, 1.82) is 0 Å². The van der Waals surface area contributed by atoms with Gasteiger partial charge in [-0.1, -0.05) is 24.3 Å². The first-order valence-electron chi connectivity index (χ1n) is 8.31. The molecule has 1 heterocycles. The number of para-hydroxylation sites is 1. The number of hydrogen-bond acceptors (Lipinski definition) is 4. The zero-order valence-corrected chi connectivity index (χ0v) is 16.3. The van der Waals surface area contributed by atoms with Crippen LogP contribution < -0.4 is 5.32 Å². The molecule has 0 aliphatic heterocycles. The lowest BCUT2D eigenvalue weighted by Crippen LogP contribution is -2.21. The number of rotatable bonds is 6. The highest BCUT2D eigenvalue weighted by atomic mass is 79.9. The summed E-state index contributed by atoms with van der Waals surface area (Å²) in [6.07, 6.45) is 3.71. The molecular weight excluding hydrogens is 395 g/mol. The van der Waals surface area contributed by atoms with E-state index in [4.69, 9.17) is 0 Å². The smallest absolute Gasteiger partial charge is 0.155 e. The van der Waals surface area contributed by atoms with E-state index in [0.717, 1.165) is 39.8 Å². The summed E-state index contributed by atoms with van der Waals surface area (Å²) in [4.78, 5) is 11.4. The summed E-state index contributed by atoms with van der Waals surface area (Å²) in [5, 5.41) is 4.36. The fourth-order valence-electron chi connectivity index (χ4n) is 2.49. The van der Waals surface area contributed by atoms with Gasteiger partial charge in [-0.25, -0.2) is 14.4 Å². The molecule has 4 nitrogen and oxygen atoms in total. The van der Waals surface area contributed by atoms with E-state index in [1.807, 2.05) is 44.4 Å². The van der Waals surface area contributed by atoms with Crippen LogP contribution in [-0.4, -0.2) is 42.1 Å². The molecule has 0 fully saturated rings. The van der Waals surface area contributed by atoms with E-state index in [-0.39, 0.29) is 5.82 Å². The fraction of sp³-hybridized carbons (Fsp3) is 0.200. The largest absolute Gasteiger partial charge is 0.368 e. The number of likely N-dealkylation sites (N-methyl/N-ethyl adjacent to an activating group) is 1. The van der Waals surface area contributed by atoms with Crippen LogP contribution in [0, 0.1) is 5.82 Å². The first-order valence-corrected chi connectivity index (χ1v) is 9.11. The Kier molecular flexibility index (Phi) is 5.96. The molecule has 0 saturated heterocycles. The number of anilines is 1. The molecule has 6 heteroatoms.